The Hall–Kier alpha value is -4.98. The van der Waals surface area contributed by atoms with Gasteiger partial charge in [0, 0.05) is 25.7 Å². The van der Waals surface area contributed by atoms with Crippen molar-refractivity contribution in [2.75, 3.05) is 27.4 Å². The zero-order chi connectivity index (χ0) is 29.6. The average Bonchev–Trinajstić information content (AvgIpc) is 2.99. The van der Waals surface area contributed by atoms with Crippen LogP contribution >= 0.6 is 0 Å². The Morgan fingerprint density at radius 3 is 1.05 bits per heavy atom. The summed E-state index contributed by atoms with van der Waals surface area (Å²) in [5.74, 6) is 0.265. The highest BCUT2D eigenvalue weighted by Crippen LogP contribution is 2.38. The van der Waals surface area contributed by atoms with Gasteiger partial charge in [0.1, 0.15) is 23.0 Å². The first-order valence-electron chi connectivity index (χ1n) is 13.6. The van der Waals surface area contributed by atoms with E-state index in [1.54, 1.807) is 0 Å². The molecule has 4 aromatic rings. The molecule has 0 saturated carbocycles. The third-order valence-electron chi connectivity index (χ3n) is 7.41. The number of aromatic hydroxyl groups is 2. The van der Waals surface area contributed by atoms with Crippen molar-refractivity contribution in [1.29, 1.82) is 0 Å². The van der Waals surface area contributed by atoms with Crippen LogP contribution in [-0.2, 0) is 44.7 Å². The molecule has 2 N–H and O–H groups in total. The van der Waals surface area contributed by atoms with Gasteiger partial charge in [-0.2, -0.15) is 0 Å². The normalized spacial score (nSPS) is 12.2. The smallest absolute Gasteiger partial charge is 0.343 e. The lowest BCUT2D eigenvalue weighted by Gasteiger charge is -2.20. The molecule has 0 amide bonds. The molecule has 1 aliphatic rings. The second-order valence-corrected chi connectivity index (χ2v) is 10.1. The number of rotatable bonds is 6. The Labute approximate surface area is 244 Å². The highest BCUT2D eigenvalue weighted by molar-refractivity contribution is 5.71. The summed E-state index contributed by atoms with van der Waals surface area (Å²) < 4.78 is 21.6. The van der Waals surface area contributed by atoms with E-state index < -0.39 is 11.9 Å². The number of phenols is 2. The fourth-order valence-electron chi connectivity index (χ4n) is 5.26. The van der Waals surface area contributed by atoms with Crippen LogP contribution in [0.4, 0.5) is 0 Å². The van der Waals surface area contributed by atoms with Crippen LogP contribution in [0.1, 0.15) is 44.5 Å². The van der Waals surface area contributed by atoms with E-state index in [1.807, 2.05) is 72.8 Å². The van der Waals surface area contributed by atoms with Gasteiger partial charge in [0.15, 0.2) is 13.2 Å². The molecule has 0 spiro atoms. The number of carbonyl (C=O) groups excluding carboxylic acids is 2. The fourth-order valence-corrected chi connectivity index (χ4v) is 5.26. The van der Waals surface area contributed by atoms with Crippen molar-refractivity contribution in [3.05, 3.63) is 117 Å². The lowest BCUT2D eigenvalue weighted by molar-refractivity contribution is -0.143. The van der Waals surface area contributed by atoms with Crippen LogP contribution in [0.25, 0.3) is 0 Å². The molecule has 216 valence electrons. The summed E-state index contributed by atoms with van der Waals surface area (Å²) in [5.41, 5.74) is 5.81. The van der Waals surface area contributed by atoms with Gasteiger partial charge in [-0.05, 0) is 44.5 Å². The molecule has 8 bridgehead atoms. The van der Waals surface area contributed by atoms with E-state index >= 15 is 0 Å². The summed E-state index contributed by atoms with van der Waals surface area (Å²) in [7, 11) is 2.61. The van der Waals surface area contributed by atoms with Crippen molar-refractivity contribution in [3.8, 4) is 23.0 Å². The maximum absolute atomic E-state index is 12.0. The molecule has 42 heavy (non-hydrogen) atoms. The molecule has 0 radical (unpaired) electrons. The lowest BCUT2D eigenvalue weighted by atomic mass is 9.91. The van der Waals surface area contributed by atoms with Gasteiger partial charge in [-0.15, -0.1) is 0 Å². The molecule has 0 aromatic heterocycles. The molecular formula is C34H32O8. The monoisotopic (exact) mass is 568 g/mol. The van der Waals surface area contributed by atoms with Crippen molar-refractivity contribution in [1.82, 2.24) is 0 Å². The van der Waals surface area contributed by atoms with Gasteiger partial charge in [-0.25, -0.2) is 9.59 Å². The minimum Gasteiger partial charge on any atom is -0.507 e. The van der Waals surface area contributed by atoms with Gasteiger partial charge in [-0.3, -0.25) is 0 Å². The molecule has 1 aliphatic carbocycles. The van der Waals surface area contributed by atoms with Gasteiger partial charge >= 0.3 is 11.9 Å². The number of methoxy groups -OCH3 is 2. The number of carbonyl (C=O) groups is 2. The van der Waals surface area contributed by atoms with E-state index in [9.17, 15) is 19.8 Å². The zero-order valence-corrected chi connectivity index (χ0v) is 23.5. The van der Waals surface area contributed by atoms with Gasteiger partial charge < -0.3 is 29.2 Å². The van der Waals surface area contributed by atoms with Gasteiger partial charge in [-0.1, -0.05) is 72.8 Å². The molecule has 8 heteroatoms. The highest BCUT2D eigenvalue weighted by Gasteiger charge is 2.21. The summed E-state index contributed by atoms with van der Waals surface area (Å²) in [6, 6.07) is 22.5. The number of benzene rings is 4. The Bertz CT molecular complexity index is 1420. The Morgan fingerprint density at radius 2 is 0.786 bits per heavy atom. The quantitative estimate of drug-likeness (QED) is 0.279. The van der Waals surface area contributed by atoms with E-state index in [2.05, 4.69) is 0 Å². The van der Waals surface area contributed by atoms with E-state index in [0.29, 0.717) is 59.4 Å². The minimum absolute atomic E-state index is 0.140. The Kier molecular flexibility index (Phi) is 8.62. The SMILES string of the molecule is COC(=O)COc1c2cccc1Cc1cccc(c1O)Cc1cccc(c1OCC(=O)OC)Cc1cccc(c1O)C2. The minimum atomic E-state index is -0.515. The standard InChI is InChI=1S/C34H32O8/c1-39-29(35)19-41-33-25-11-5-12-26(33)16-22-8-4-10-24(32(22)38)18-28-14-6-13-27(34(28)42-20-30(36)40-2)17-23-9-3-7-21(15-25)31(23)37/h3-14,37-38H,15-20H2,1-2H3. The molecule has 5 rings (SSSR count). The Balaban J connectivity index is 1.67. The van der Waals surface area contributed by atoms with Crippen molar-refractivity contribution in [3.63, 3.8) is 0 Å². The molecule has 0 fully saturated rings. The number of para-hydroxylation sites is 4. The van der Waals surface area contributed by atoms with Crippen molar-refractivity contribution in [2.24, 2.45) is 0 Å². The van der Waals surface area contributed by atoms with Gasteiger partial charge in [0.05, 0.1) is 14.2 Å². The lowest BCUT2D eigenvalue weighted by Crippen LogP contribution is -2.15. The second kappa shape index (κ2) is 12.7. The van der Waals surface area contributed by atoms with Crippen LogP contribution in [0, 0.1) is 0 Å². The van der Waals surface area contributed by atoms with E-state index in [1.165, 1.54) is 14.2 Å². The van der Waals surface area contributed by atoms with Crippen LogP contribution in [-0.4, -0.2) is 49.6 Å². The molecule has 0 unspecified atom stereocenters. The number of phenolic OH excluding ortho intramolecular Hbond substituents is 2. The third-order valence-corrected chi connectivity index (χ3v) is 7.41. The number of hydrogen-bond acceptors (Lipinski definition) is 8. The van der Waals surface area contributed by atoms with E-state index in [4.69, 9.17) is 18.9 Å². The number of esters is 2. The molecule has 0 aliphatic heterocycles. The Morgan fingerprint density at radius 1 is 0.524 bits per heavy atom. The maximum atomic E-state index is 12.0. The van der Waals surface area contributed by atoms with Crippen LogP contribution in [0.15, 0.2) is 72.8 Å². The van der Waals surface area contributed by atoms with Crippen LogP contribution in [0.2, 0.25) is 0 Å². The maximum Gasteiger partial charge on any atom is 0.343 e. The predicted octanol–water partition coefficient (Wildman–Crippen LogP) is 4.88. The molecule has 8 nitrogen and oxygen atoms in total. The zero-order valence-electron chi connectivity index (χ0n) is 23.5. The van der Waals surface area contributed by atoms with Crippen LogP contribution in [0.5, 0.6) is 23.0 Å². The molecule has 4 aromatic carbocycles. The second-order valence-electron chi connectivity index (χ2n) is 10.1. The summed E-state index contributed by atoms with van der Waals surface area (Å²) in [6.07, 6.45) is 1.34. The van der Waals surface area contributed by atoms with E-state index in [0.717, 1.165) is 22.3 Å². The first-order valence-corrected chi connectivity index (χ1v) is 13.6. The summed E-state index contributed by atoms with van der Waals surface area (Å²) in [5, 5.41) is 22.8. The van der Waals surface area contributed by atoms with E-state index in [-0.39, 0.29) is 24.7 Å². The fraction of sp³-hybridized carbons (Fsp3) is 0.235. The van der Waals surface area contributed by atoms with Crippen LogP contribution in [0.3, 0.4) is 0 Å². The van der Waals surface area contributed by atoms with Crippen LogP contribution < -0.4 is 9.47 Å². The first-order chi connectivity index (χ1) is 20.4. The highest BCUT2D eigenvalue weighted by atomic mass is 16.6. The van der Waals surface area contributed by atoms with Crippen molar-refractivity contribution in [2.45, 2.75) is 25.7 Å². The van der Waals surface area contributed by atoms with Gasteiger partial charge in [0.2, 0.25) is 0 Å². The number of fused-ring (bicyclic) bond motifs is 8. The molecule has 0 atom stereocenters. The molecular weight excluding hydrogens is 536 g/mol. The largest absolute Gasteiger partial charge is 0.507 e. The van der Waals surface area contributed by atoms with Crippen molar-refractivity contribution >= 4 is 11.9 Å². The third kappa shape index (κ3) is 6.17. The molecule has 0 heterocycles. The van der Waals surface area contributed by atoms with Crippen molar-refractivity contribution < 1.29 is 38.7 Å². The topological polar surface area (TPSA) is 112 Å². The summed E-state index contributed by atoms with van der Waals surface area (Å²) in [6.45, 7) is -0.552. The average molecular weight is 569 g/mol. The summed E-state index contributed by atoms with van der Waals surface area (Å²) in [4.78, 5) is 24.0. The van der Waals surface area contributed by atoms with Gasteiger partial charge in [0.25, 0.3) is 0 Å². The number of ether oxygens (including phenoxy) is 4. The summed E-state index contributed by atoms with van der Waals surface area (Å²) >= 11 is 0. The first kappa shape index (κ1) is 28.5. The number of hydrogen-bond donors (Lipinski definition) is 2. The molecule has 0 saturated heterocycles. The predicted molar refractivity (Wildman–Crippen MR) is 155 cm³/mol.